The van der Waals surface area contributed by atoms with Crippen molar-refractivity contribution >= 4 is 23.2 Å². The lowest BCUT2D eigenvalue weighted by Gasteiger charge is -2.25. The summed E-state index contributed by atoms with van der Waals surface area (Å²) in [5, 5.41) is 0.694. The van der Waals surface area contributed by atoms with Crippen LogP contribution in [0, 0.1) is 5.92 Å². The molecule has 4 rings (SSSR count). The third kappa shape index (κ3) is 1.01. The highest BCUT2D eigenvalue weighted by Gasteiger charge is 2.50. The molecule has 1 amide bonds. The summed E-state index contributed by atoms with van der Waals surface area (Å²) in [4.78, 5) is 13.6. The fourth-order valence-electron chi connectivity index (χ4n) is 2.34. The molecular formula is C11H10ClNO. The molecule has 0 N–H and O–H groups in total. The Kier molecular flexibility index (Phi) is 1.62. The van der Waals surface area contributed by atoms with Gasteiger partial charge in [0.05, 0.1) is 0 Å². The van der Waals surface area contributed by atoms with E-state index in [2.05, 4.69) is 0 Å². The molecular weight excluding hydrogens is 198 g/mol. The smallest absolute Gasteiger partial charge is 0.230 e. The van der Waals surface area contributed by atoms with E-state index in [-0.39, 0.29) is 5.91 Å². The average Bonchev–Trinajstić information content (AvgIpc) is 2.55. The van der Waals surface area contributed by atoms with Crippen LogP contribution in [0.3, 0.4) is 0 Å². The van der Waals surface area contributed by atoms with Crippen molar-refractivity contribution in [1.82, 2.24) is 0 Å². The Bertz CT molecular complexity index is 398. The molecule has 0 aromatic heterocycles. The van der Waals surface area contributed by atoms with Gasteiger partial charge in [0.2, 0.25) is 5.91 Å². The molecule has 2 nitrogen and oxygen atoms in total. The highest BCUT2D eigenvalue weighted by atomic mass is 35.5. The van der Waals surface area contributed by atoms with Crippen LogP contribution in [0.5, 0.6) is 0 Å². The Labute approximate surface area is 87.5 Å². The van der Waals surface area contributed by atoms with Crippen molar-refractivity contribution in [3.8, 4) is 0 Å². The van der Waals surface area contributed by atoms with E-state index in [0.29, 0.717) is 17.0 Å². The zero-order valence-corrected chi connectivity index (χ0v) is 8.37. The molecule has 14 heavy (non-hydrogen) atoms. The summed E-state index contributed by atoms with van der Waals surface area (Å²) in [5.74, 6) is 0.566. The average molecular weight is 208 g/mol. The summed E-state index contributed by atoms with van der Waals surface area (Å²) in [6.07, 6.45) is 2.07. The van der Waals surface area contributed by atoms with Gasteiger partial charge in [-0.25, -0.2) is 0 Å². The Balaban J connectivity index is 1.99. The number of fused-ring (bicyclic) bond motifs is 1. The molecule has 3 aliphatic rings. The topological polar surface area (TPSA) is 20.3 Å². The Morgan fingerprint density at radius 1 is 1.36 bits per heavy atom. The van der Waals surface area contributed by atoms with E-state index in [9.17, 15) is 4.79 Å². The number of nitrogens with zero attached hydrogens (tertiary/aromatic N) is 1. The fourth-order valence-corrected chi connectivity index (χ4v) is 2.53. The van der Waals surface area contributed by atoms with Crippen molar-refractivity contribution in [2.75, 3.05) is 4.90 Å². The highest BCUT2D eigenvalue weighted by Crippen LogP contribution is 2.44. The number of rotatable bonds is 1. The lowest BCUT2D eigenvalue weighted by atomic mass is 9.86. The summed E-state index contributed by atoms with van der Waals surface area (Å²) in [7, 11) is 0. The number of hydrogen-bond acceptors (Lipinski definition) is 1. The first kappa shape index (κ1) is 8.30. The minimum Gasteiger partial charge on any atom is -0.309 e. The van der Waals surface area contributed by atoms with Gasteiger partial charge in [0.25, 0.3) is 0 Å². The lowest BCUT2D eigenvalue weighted by Crippen LogP contribution is -2.29. The van der Waals surface area contributed by atoms with Gasteiger partial charge in [0.1, 0.15) is 0 Å². The quantitative estimate of drug-likeness (QED) is 0.693. The number of hydrogen-bond donors (Lipinski definition) is 0. The van der Waals surface area contributed by atoms with Gasteiger partial charge in [-0.15, -0.1) is 0 Å². The van der Waals surface area contributed by atoms with Crippen molar-refractivity contribution in [2.45, 2.75) is 18.9 Å². The van der Waals surface area contributed by atoms with E-state index < -0.39 is 0 Å². The Hall–Kier alpha value is -1.02. The van der Waals surface area contributed by atoms with E-state index >= 15 is 0 Å². The molecule has 2 aliphatic heterocycles. The van der Waals surface area contributed by atoms with Crippen LogP contribution in [0.1, 0.15) is 12.8 Å². The van der Waals surface area contributed by atoms with E-state index in [4.69, 9.17) is 11.6 Å². The van der Waals surface area contributed by atoms with Crippen LogP contribution in [0.2, 0.25) is 5.02 Å². The molecule has 2 bridgehead atoms. The normalized spacial score (nSPS) is 29.2. The number of amides is 1. The third-order valence-electron chi connectivity index (χ3n) is 3.15. The van der Waals surface area contributed by atoms with Crippen LogP contribution in [-0.4, -0.2) is 11.9 Å². The predicted molar refractivity (Wildman–Crippen MR) is 55.5 cm³/mol. The van der Waals surface area contributed by atoms with E-state index in [1.165, 1.54) is 0 Å². The van der Waals surface area contributed by atoms with Crippen LogP contribution in [0.4, 0.5) is 5.69 Å². The second-order valence-corrected chi connectivity index (χ2v) is 4.45. The van der Waals surface area contributed by atoms with Gasteiger partial charge in [-0.1, -0.05) is 17.7 Å². The maximum Gasteiger partial charge on any atom is 0.230 e. The SMILES string of the molecule is O=C1C2CC(C2)N1c1cccc(Cl)c1. The summed E-state index contributed by atoms with van der Waals surface area (Å²) >= 11 is 5.89. The minimum absolute atomic E-state index is 0.275. The maximum atomic E-state index is 11.7. The molecule has 0 spiro atoms. The van der Waals surface area contributed by atoms with Gasteiger partial charge in [0, 0.05) is 22.7 Å². The maximum absolute atomic E-state index is 11.7. The van der Waals surface area contributed by atoms with E-state index in [1.807, 2.05) is 29.2 Å². The summed E-state index contributed by atoms with van der Waals surface area (Å²) in [6, 6.07) is 7.97. The van der Waals surface area contributed by atoms with Crippen molar-refractivity contribution in [2.24, 2.45) is 5.92 Å². The first-order valence-electron chi connectivity index (χ1n) is 4.84. The van der Waals surface area contributed by atoms with Crippen molar-refractivity contribution < 1.29 is 4.79 Å². The summed E-state index contributed by atoms with van der Waals surface area (Å²) in [5.41, 5.74) is 0.951. The minimum atomic E-state index is 0.275. The van der Waals surface area contributed by atoms with Crippen LogP contribution < -0.4 is 4.90 Å². The number of benzene rings is 1. The molecule has 2 saturated heterocycles. The lowest BCUT2D eigenvalue weighted by molar-refractivity contribution is -0.119. The van der Waals surface area contributed by atoms with E-state index in [0.717, 1.165) is 18.5 Å². The van der Waals surface area contributed by atoms with Gasteiger partial charge in [-0.05, 0) is 31.0 Å². The van der Waals surface area contributed by atoms with Gasteiger partial charge >= 0.3 is 0 Å². The predicted octanol–water partition coefficient (Wildman–Crippen LogP) is 2.47. The first-order valence-corrected chi connectivity index (χ1v) is 5.22. The monoisotopic (exact) mass is 207 g/mol. The van der Waals surface area contributed by atoms with Gasteiger partial charge < -0.3 is 4.90 Å². The molecule has 0 atom stereocenters. The van der Waals surface area contributed by atoms with E-state index in [1.54, 1.807) is 0 Å². The van der Waals surface area contributed by atoms with Crippen LogP contribution in [-0.2, 0) is 4.79 Å². The van der Waals surface area contributed by atoms with Crippen LogP contribution >= 0.6 is 11.6 Å². The molecule has 1 aromatic carbocycles. The molecule has 3 fully saturated rings. The number of carbonyl (C=O) groups is 1. The van der Waals surface area contributed by atoms with Crippen molar-refractivity contribution in [3.05, 3.63) is 29.3 Å². The molecule has 3 heteroatoms. The molecule has 1 saturated carbocycles. The van der Waals surface area contributed by atoms with Crippen molar-refractivity contribution in [3.63, 3.8) is 0 Å². The summed E-state index contributed by atoms with van der Waals surface area (Å²) in [6.45, 7) is 0. The molecule has 72 valence electrons. The fraction of sp³-hybridized carbons (Fsp3) is 0.364. The zero-order chi connectivity index (χ0) is 9.71. The molecule has 0 radical (unpaired) electrons. The Morgan fingerprint density at radius 2 is 2.14 bits per heavy atom. The molecule has 1 aliphatic carbocycles. The third-order valence-corrected chi connectivity index (χ3v) is 3.39. The standard InChI is InChI=1S/C11H10ClNO/c12-8-2-1-3-9(6-8)13-10-4-7(5-10)11(13)14/h1-3,6-7,10H,4-5H2. The summed E-state index contributed by atoms with van der Waals surface area (Å²) < 4.78 is 0. The number of anilines is 1. The van der Waals surface area contributed by atoms with Crippen LogP contribution in [0.25, 0.3) is 0 Å². The molecule has 1 aromatic rings. The van der Waals surface area contributed by atoms with Crippen LogP contribution in [0.15, 0.2) is 24.3 Å². The van der Waals surface area contributed by atoms with Gasteiger partial charge in [-0.3, -0.25) is 4.79 Å². The second-order valence-electron chi connectivity index (χ2n) is 4.01. The zero-order valence-electron chi connectivity index (χ0n) is 7.61. The second kappa shape index (κ2) is 2.74. The van der Waals surface area contributed by atoms with Gasteiger partial charge in [-0.2, -0.15) is 0 Å². The highest BCUT2D eigenvalue weighted by molar-refractivity contribution is 6.31. The first-order chi connectivity index (χ1) is 6.75. The Morgan fingerprint density at radius 3 is 2.71 bits per heavy atom. The number of halogens is 1. The van der Waals surface area contributed by atoms with Gasteiger partial charge in [0.15, 0.2) is 0 Å². The largest absolute Gasteiger partial charge is 0.309 e. The number of carbonyl (C=O) groups excluding carboxylic acids is 1. The molecule has 0 unspecified atom stereocenters. The molecule has 2 heterocycles. The van der Waals surface area contributed by atoms with Crippen molar-refractivity contribution in [1.29, 1.82) is 0 Å².